The zero-order valence-electron chi connectivity index (χ0n) is 14.8. The Balaban J connectivity index is 1.76. The minimum absolute atomic E-state index is 0.396. The lowest BCUT2D eigenvalue weighted by Crippen LogP contribution is -2.34. The van der Waals surface area contributed by atoms with Gasteiger partial charge < -0.3 is 15.1 Å². The Morgan fingerprint density at radius 1 is 1.04 bits per heavy atom. The minimum atomic E-state index is 0.396. The topological polar surface area (TPSA) is 18.5 Å². The molecule has 126 valence electrons. The number of benzene rings is 2. The molecule has 1 atom stereocenters. The van der Waals surface area contributed by atoms with Crippen LogP contribution in [0.2, 0.25) is 0 Å². The number of rotatable bonds is 5. The Bertz CT molecular complexity index is 725. The summed E-state index contributed by atoms with van der Waals surface area (Å²) in [7, 11) is 0. The van der Waals surface area contributed by atoms with Gasteiger partial charge in [0.05, 0.1) is 17.4 Å². The fourth-order valence-electron chi connectivity index (χ4n) is 4.19. The Morgan fingerprint density at radius 2 is 1.88 bits per heavy atom. The number of nitrogens with zero attached hydrogens (tertiary/aromatic N) is 2. The maximum absolute atomic E-state index is 3.56. The van der Waals surface area contributed by atoms with Gasteiger partial charge in [-0.2, -0.15) is 0 Å². The Hall–Kier alpha value is -2.00. The normalized spacial score (nSPS) is 18.3. The van der Waals surface area contributed by atoms with E-state index in [2.05, 4.69) is 71.4 Å². The number of hydrogen-bond donors (Lipinski definition) is 1. The number of anilines is 3. The van der Waals surface area contributed by atoms with Crippen LogP contribution in [-0.4, -0.2) is 26.2 Å². The molecule has 0 aliphatic carbocycles. The number of fused-ring (bicyclic) bond motifs is 2. The number of nitrogens with one attached hydrogen (secondary N) is 1. The molecule has 24 heavy (non-hydrogen) atoms. The highest BCUT2D eigenvalue weighted by Crippen LogP contribution is 2.48. The molecule has 0 saturated heterocycles. The van der Waals surface area contributed by atoms with Gasteiger partial charge in [-0.1, -0.05) is 37.3 Å². The van der Waals surface area contributed by atoms with Gasteiger partial charge in [0.15, 0.2) is 0 Å². The van der Waals surface area contributed by atoms with Crippen molar-refractivity contribution in [2.75, 3.05) is 36.0 Å². The van der Waals surface area contributed by atoms with E-state index in [1.165, 1.54) is 34.6 Å². The van der Waals surface area contributed by atoms with Crippen molar-refractivity contribution in [3.05, 3.63) is 53.6 Å². The van der Waals surface area contributed by atoms with Gasteiger partial charge in [0.25, 0.3) is 0 Å². The van der Waals surface area contributed by atoms with Gasteiger partial charge in [0.1, 0.15) is 0 Å². The average molecular weight is 321 g/mol. The summed E-state index contributed by atoms with van der Waals surface area (Å²) >= 11 is 0. The second-order valence-corrected chi connectivity index (χ2v) is 6.86. The van der Waals surface area contributed by atoms with E-state index in [1.54, 1.807) is 0 Å². The maximum atomic E-state index is 3.56. The fourth-order valence-corrected chi connectivity index (χ4v) is 4.19. The molecule has 0 saturated carbocycles. The molecule has 2 aliphatic heterocycles. The monoisotopic (exact) mass is 321 g/mol. The fraction of sp³-hybridized carbons (Fsp3) is 0.429. The molecule has 0 radical (unpaired) electrons. The summed E-state index contributed by atoms with van der Waals surface area (Å²) in [5.74, 6) is 0. The van der Waals surface area contributed by atoms with Crippen LogP contribution < -0.4 is 15.1 Å². The van der Waals surface area contributed by atoms with E-state index >= 15 is 0 Å². The number of hydrogen-bond acceptors (Lipinski definition) is 3. The summed E-state index contributed by atoms with van der Waals surface area (Å²) in [6, 6.07) is 16.2. The van der Waals surface area contributed by atoms with Crippen molar-refractivity contribution >= 4 is 17.1 Å². The third kappa shape index (κ3) is 2.48. The molecule has 0 amide bonds. The van der Waals surface area contributed by atoms with Gasteiger partial charge in [-0.15, -0.1) is 0 Å². The van der Waals surface area contributed by atoms with E-state index < -0.39 is 0 Å². The summed E-state index contributed by atoms with van der Waals surface area (Å²) in [5, 5.41) is 3.56. The van der Waals surface area contributed by atoms with Gasteiger partial charge >= 0.3 is 0 Å². The molecule has 3 nitrogen and oxygen atoms in total. The molecule has 1 N–H and O–H groups in total. The molecule has 0 bridgehead atoms. The minimum Gasteiger partial charge on any atom is -0.362 e. The van der Waals surface area contributed by atoms with E-state index in [0.717, 1.165) is 32.6 Å². The first-order chi connectivity index (χ1) is 11.8. The van der Waals surface area contributed by atoms with Gasteiger partial charge in [0.2, 0.25) is 0 Å². The van der Waals surface area contributed by atoms with E-state index in [1.807, 2.05) is 0 Å². The van der Waals surface area contributed by atoms with Crippen molar-refractivity contribution in [1.82, 2.24) is 5.32 Å². The highest BCUT2D eigenvalue weighted by atomic mass is 15.3. The van der Waals surface area contributed by atoms with E-state index in [0.29, 0.717) is 6.04 Å². The summed E-state index contributed by atoms with van der Waals surface area (Å²) < 4.78 is 0. The van der Waals surface area contributed by atoms with E-state index in [-0.39, 0.29) is 0 Å². The van der Waals surface area contributed by atoms with Gasteiger partial charge in [-0.05, 0) is 49.6 Å². The van der Waals surface area contributed by atoms with E-state index in [9.17, 15) is 0 Å². The van der Waals surface area contributed by atoms with Crippen LogP contribution >= 0.6 is 0 Å². The molecule has 2 aromatic rings. The van der Waals surface area contributed by atoms with Crippen molar-refractivity contribution in [2.24, 2.45) is 0 Å². The van der Waals surface area contributed by atoms with Crippen molar-refractivity contribution in [3.63, 3.8) is 0 Å². The van der Waals surface area contributed by atoms with E-state index in [4.69, 9.17) is 0 Å². The molecular formula is C21H27N3. The predicted octanol–water partition coefficient (Wildman–Crippen LogP) is 4.26. The SMILES string of the molecule is CCCNCCN1c2ccccc2N2CCc3cccc(c32)C1C. The third-order valence-corrected chi connectivity index (χ3v) is 5.38. The second-order valence-electron chi connectivity index (χ2n) is 6.86. The molecule has 0 aromatic heterocycles. The molecule has 0 spiro atoms. The van der Waals surface area contributed by atoms with Crippen molar-refractivity contribution < 1.29 is 0 Å². The highest BCUT2D eigenvalue weighted by Gasteiger charge is 2.33. The first-order valence-electron chi connectivity index (χ1n) is 9.27. The maximum Gasteiger partial charge on any atom is 0.0649 e. The van der Waals surface area contributed by atoms with Gasteiger partial charge in [-0.25, -0.2) is 0 Å². The smallest absolute Gasteiger partial charge is 0.0649 e. The van der Waals surface area contributed by atoms with Gasteiger partial charge in [0, 0.05) is 25.3 Å². The Kier molecular flexibility index (Phi) is 4.19. The summed E-state index contributed by atoms with van der Waals surface area (Å²) in [4.78, 5) is 5.11. The molecule has 4 rings (SSSR count). The summed E-state index contributed by atoms with van der Waals surface area (Å²) in [5.41, 5.74) is 7.16. The average Bonchev–Trinajstić information content (AvgIpc) is 3.01. The van der Waals surface area contributed by atoms with Gasteiger partial charge in [-0.3, -0.25) is 0 Å². The van der Waals surface area contributed by atoms with Crippen molar-refractivity contribution in [3.8, 4) is 0 Å². The van der Waals surface area contributed by atoms with Crippen LogP contribution in [0.25, 0.3) is 0 Å². The van der Waals surface area contributed by atoms with Crippen LogP contribution in [0.15, 0.2) is 42.5 Å². The van der Waals surface area contributed by atoms with Crippen molar-refractivity contribution in [2.45, 2.75) is 32.7 Å². The van der Waals surface area contributed by atoms with Crippen LogP contribution in [0.5, 0.6) is 0 Å². The molecule has 2 aromatic carbocycles. The van der Waals surface area contributed by atoms with Crippen LogP contribution in [0.3, 0.4) is 0 Å². The largest absolute Gasteiger partial charge is 0.362 e. The molecule has 0 fully saturated rings. The summed E-state index contributed by atoms with van der Waals surface area (Å²) in [6.45, 7) is 8.83. The van der Waals surface area contributed by atoms with Crippen molar-refractivity contribution in [1.29, 1.82) is 0 Å². The zero-order chi connectivity index (χ0) is 16.5. The molecule has 2 aliphatic rings. The zero-order valence-corrected chi connectivity index (χ0v) is 14.8. The van der Waals surface area contributed by atoms with Crippen LogP contribution in [0, 0.1) is 0 Å². The lowest BCUT2D eigenvalue weighted by molar-refractivity contribution is 0.612. The first-order valence-corrected chi connectivity index (χ1v) is 9.27. The third-order valence-electron chi connectivity index (χ3n) is 5.38. The number of para-hydroxylation sites is 3. The first kappa shape index (κ1) is 15.5. The predicted molar refractivity (Wildman–Crippen MR) is 103 cm³/mol. The summed E-state index contributed by atoms with van der Waals surface area (Å²) in [6.07, 6.45) is 2.34. The lowest BCUT2D eigenvalue weighted by atomic mass is 10.0. The lowest BCUT2D eigenvalue weighted by Gasteiger charge is -2.31. The quantitative estimate of drug-likeness (QED) is 0.830. The Morgan fingerprint density at radius 3 is 2.71 bits per heavy atom. The van der Waals surface area contributed by atoms with Crippen LogP contribution in [0.1, 0.15) is 37.4 Å². The second kappa shape index (κ2) is 6.48. The van der Waals surface area contributed by atoms with Crippen LogP contribution in [0.4, 0.5) is 17.1 Å². The standard InChI is InChI=1S/C21H27N3/c1-3-12-22-13-15-23-16(2)18-8-6-7-17-11-14-24(21(17)18)20-10-5-4-9-19(20)23/h4-10,16,22H,3,11-15H2,1-2H3. The molecular weight excluding hydrogens is 294 g/mol. The van der Waals surface area contributed by atoms with Crippen LogP contribution in [-0.2, 0) is 6.42 Å². The molecule has 2 heterocycles. The highest BCUT2D eigenvalue weighted by molar-refractivity contribution is 5.84. The Labute approximate surface area is 145 Å². The molecule has 1 unspecified atom stereocenters. The molecule has 3 heteroatoms.